The summed E-state index contributed by atoms with van der Waals surface area (Å²) in [6.07, 6.45) is 6.12. The SMILES string of the molecule is CCCCC(C)(CCCC)c1ccc(F)nc1F. The van der Waals surface area contributed by atoms with Gasteiger partial charge in [0.25, 0.3) is 0 Å². The molecule has 0 bridgehead atoms. The van der Waals surface area contributed by atoms with E-state index in [1.165, 1.54) is 6.07 Å². The fourth-order valence-electron chi connectivity index (χ4n) is 2.39. The van der Waals surface area contributed by atoms with Gasteiger partial charge in [-0.1, -0.05) is 46.5 Å². The summed E-state index contributed by atoms with van der Waals surface area (Å²) in [5.41, 5.74) is 0.336. The molecule has 0 saturated heterocycles. The van der Waals surface area contributed by atoms with Crippen LogP contribution in [-0.2, 0) is 5.41 Å². The molecule has 1 heterocycles. The molecule has 102 valence electrons. The molecular weight excluding hydrogens is 232 g/mol. The van der Waals surface area contributed by atoms with Crippen LogP contribution in [0.2, 0.25) is 0 Å². The highest BCUT2D eigenvalue weighted by molar-refractivity contribution is 5.22. The van der Waals surface area contributed by atoms with Crippen molar-refractivity contribution >= 4 is 0 Å². The van der Waals surface area contributed by atoms with Crippen molar-refractivity contribution in [2.75, 3.05) is 0 Å². The molecule has 0 aliphatic rings. The monoisotopic (exact) mass is 255 g/mol. The quantitative estimate of drug-likeness (QED) is 0.625. The summed E-state index contributed by atoms with van der Waals surface area (Å²) in [6.45, 7) is 6.31. The van der Waals surface area contributed by atoms with Crippen molar-refractivity contribution in [2.45, 2.75) is 64.7 Å². The number of rotatable bonds is 7. The molecule has 0 aliphatic carbocycles. The molecule has 0 unspecified atom stereocenters. The summed E-state index contributed by atoms with van der Waals surface area (Å²) in [7, 11) is 0. The lowest BCUT2D eigenvalue weighted by molar-refractivity contribution is 0.351. The molecule has 0 aromatic carbocycles. The van der Waals surface area contributed by atoms with Crippen molar-refractivity contribution in [3.8, 4) is 0 Å². The Labute approximate surface area is 109 Å². The highest BCUT2D eigenvalue weighted by atomic mass is 19.1. The van der Waals surface area contributed by atoms with Gasteiger partial charge in [0, 0.05) is 5.56 Å². The lowest BCUT2D eigenvalue weighted by atomic mass is 9.75. The Morgan fingerprint density at radius 3 is 2.06 bits per heavy atom. The fraction of sp³-hybridized carbons (Fsp3) is 0.667. The summed E-state index contributed by atoms with van der Waals surface area (Å²) in [5, 5.41) is 0. The molecule has 0 amide bonds. The predicted octanol–water partition coefficient (Wildman–Crippen LogP) is 5.00. The number of unbranched alkanes of at least 4 members (excludes halogenated alkanes) is 2. The smallest absolute Gasteiger partial charge is 0.190 e. The number of aromatic nitrogens is 1. The average molecular weight is 255 g/mol. The second kappa shape index (κ2) is 6.81. The van der Waals surface area contributed by atoms with E-state index >= 15 is 0 Å². The number of hydrogen-bond acceptors (Lipinski definition) is 1. The van der Waals surface area contributed by atoms with Gasteiger partial charge >= 0.3 is 0 Å². The minimum atomic E-state index is -0.746. The zero-order valence-corrected chi connectivity index (χ0v) is 11.6. The van der Waals surface area contributed by atoms with Gasteiger partial charge < -0.3 is 0 Å². The minimum Gasteiger partial charge on any atom is -0.190 e. The molecule has 18 heavy (non-hydrogen) atoms. The molecule has 0 aliphatic heterocycles. The van der Waals surface area contributed by atoms with E-state index in [-0.39, 0.29) is 5.41 Å². The van der Waals surface area contributed by atoms with Crippen LogP contribution in [0.3, 0.4) is 0 Å². The number of nitrogens with zero attached hydrogens (tertiary/aromatic N) is 1. The minimum absolute atomic E-state index is 0.225. The number of halogens is 2. The van der Waals surface area contributed by atoms with Gasteiger partial charge in [-0.3, -0.25) is 0 Å². The third-order valence-corrected chi connectivity index (χ3v) is 3.63. The third kappa shape index (κ3) is 3.76. The molecular formula is C15H23F2N. The molecule has 0 atom stereocenters. The van der Waals surface area contributed by atoms with Crippen molar-refractivity contribution in [1.82, 2.24) is 4.98 Å². The molecule has 1 nitrogen and oxygen atoms in total. The Morgan fingerprint density at radius 1 is 1.06 bits per heavy atom. The molecule has 0 saturated carbocycles. The first-order valence-corrected chi connectivity index (χ1v) is 6.86. The van der Waals surface area contributed by atoms with Gasteiger partial charge in [0.2, 0.25) is 11.9 Å². The highest BCUT2D eigenvalue weighted by Gasteiger charge is 2.29. The van der Waals surface area contributed by atoms with Gasteiger partial charge in [0.15, 0.2) is 0 Å². The van der Waals surface area contributed by atoms with E-state index in [9.17, 15) is 8.78 Å². The van der Waals surface area contributed by atoms with E-state index in [1.807, 2.05) is 0 Å². The van der Waals surface area contributed by atoms with Gasteiger partial charge in [-0.05, 0) is 30.4 Å². The normalized spacial score (nSPS) is 11.8. The van der Waals surface area contributed by atoms with Crippen molar-refractivity contribution in [2.24, 2.45) is 0 Å². The largest absolute Gasteiger partial charge is 0.219 e. The molecule has 0 radical (unpaired) electrons. The van der Waals surface area contributed by atoms with E-state index in [0.29, 0.717) is 5.56 Å². The van der Waals surface area contributed by atoms with Crippen LogP contribution in [0.15, 0.2) is 12.1 Å². The maximum Gasteiger partial charge on any atom is 0.219 e. The van der Waals surface area contributed by atoms with E-state index < -0.39 is 11.9 Å². The van der Waals surface area contributed by atoms with Crippen molar-refractivity contribution in [1.29, 1.82) is 0 Å². The molecule has 0 fully saturated rings. The second-order valence-corrected chi connectivity index (χ2v) is 5.24. The van der Waals surface area contributed by atoms with Crippen LogP contribution in [0.25, 0.3) is 0 Å². The molecule has 3 heteroatoms. The zero-order chi connectivity index (χ0) is 13.6. The lowest BCUT2D eigenvalue weighted by Crippen LogP contribution is -2.24. The van der Waals surface area contributed by atoms with Crippen LogP contribution >= 0.6 is 0 Å². The van der Waals surface area contributed by atoms with Gasteiger partial charge in [-0.15, -0.1) is 0 Å². The Kier molecular flexibility index (Phi) is 5.70. The summed E-state index contributed by atoms with van der Waals surface area (Å²) >= 11 is 0. The van der Waals surface area contributed by atoms with E-state index in [0.717, 1.165) is 38.5 Å². The molecule has 0 spiro atoms. The zero-order valence-electron chi connectivity index (χ0n) is 11.6. The van der Waals surface area contributed by atoms with Gasteiger partial charge in [-0.2, -0.15) is 13.8 Å². The Morgan fingerprint density at radius 2 is 1.61 bits per heavy atom. The summed E-state index contributed by atoms with van der Waals surface area (Å²) in [6, 6.07) is 2.82. The first kappa shape index (κ1) is 15.1. The first-order valence-electron chi connectivity index (χ1n) is 6.86. The van der Waals surface area contributed by atoms with Crippen LogP contribution in [-0.4, -0.2) is 4.98 Å². The Bertz CT molecular complexity index is 369. The van der Waals surface area contributed by atoms with Gasteiger partial charge in [0.1, 0.15) is 0 Å². The van der Waals surface area contributed by atoms with Crippen LogP contribution in [0.4, 0.5) is 8.78 Å². The maximum absolute atomic E-state index is 13.8. The topological polar surface area (TPSA) is 12.9 Å². The first-order chi connectivity index (χ1) is 8.53. The van der Waals surface area contributed by atoms with Crippen LogP contribution in [0, 0.1) is 11.9 Å². The predicted molar refractivity (Wildman–Crippen MR) is 70.6 cm³/mol. The number of pyridine rings is 1. The summed E-state index contributed by atoms with van der Waals surface area (Å²) in [5.74, 6) is -1.39. The molecule has 1 rings (SSSR count). The van der Waals surface area contributed by atoms with Crippen LogP contribution < -0.4 is 0 Å². The summed E-state index contributed by atoms with van der Waals surface area (Å²) in [4.78, 5) is 3.32. The van der Waals surface area contributed by atoms with Gasteiger partial charge in [0.05, 0.1) is 0 Å². The Hall–Kier alpha value is -0.990. The maximum atomic E-state index is 13.8. The molecule has 1 aromatic heterocycles. The van der Waals surface area contributed by atoms with Gasteiger partial charge in [-0.25, -0.2) is 0 Å². The molecule has 0 N–H and O–H groups in total. The highest BCUT2D eigenvalue weighted by Crippen LogP contribution is 2.35. The van der Waals surface area contributed by atoms with E-state index in [4.69, 9.17) is 0 Å². The van der Waals surface area contributed by atoms with Crippen LogP contribution in [0.5, 0.6) is 0 Å². The third-order valence-electron chi connectivity index (χ3n) is 3.63. The van der Waals surface area contributed by atoms with Crippen molar-refractivity contribution in [3.05, 3.63) is 29.6 Å². The van der Waals surface area contributed by atoms with Crippen molar-refractivity contribution in [3.63, 3.8) is 0 Å². The molecule has 1 aromatic rings. The van der Waals surface area contributed by atoms with Crippen molar-refractivity contribution < 1.29 is 8.78 Å². The van der Waals surface area contributed by atoms with E-state index in [1.54, 1.807) is 6.07 Å². The lowest BCUT2D eigenvalue weighted by Gasteiger charge is -2.30. The summed E-state index contributed by atoms with van der Waals surface area (Å²) < 4.78 is 26.7. The Balaban J connectivity index is 2.99. The standard InChI is InChI=1S/C15H23F2N/c1-4-6-10-15(3,11-7-5-2)12-8-9-13(16)18-14(12)17/h8-9H,4-7,10-11H2,1-3H3. The van der Waals surface area contributed by atoms with Crippen LogP contribution in [0.1, 0.15) is 64.9 Å². The fourth-order valence-corrected chi connectivity index (χ4v) is 2.39. The second-order valence-electron chi connectivity index (χ2n) is 5.24. The number of hydrogen-bond donors (Lipinski definition) is 0. The van der Waals surface area contributed by atoms with E-state index in [2.05, 4.69) is 25.8 Å². The average Bonchev–Trinajstić information content (AvgIpc) is 2.34.